The van der Waals surface area contributed by atoms with Crippen LogP contribution in [0.3, 0.4) is 0 Å². The van der Waals surface area contributed by atoms with E-state index >= 15 is 0 Å². The third-order valence-electron chi connectivity index (χ3n) is 4.95. The summed E-state index contributed by atoms with van der Waals surface area (Å²) >= 11 is 0. The Morgan fingerprint density at radius 3 is 2.16 bits per heavy atom. The Labute approximate surface area is 183 Å². The lowest BCUT2D eigenvalue weighted by molar-refractivity contribution is -0.148. The zero-order valence-electron chi connectivity index (χ0n) is 18.2. The summed E-state index contributed by atoms with van der Waals surface area (Å²) < 4.78 is 16.3. The van der Waals surface area contributed by atoms with E-state index in [0.29, 0.717) is 0 Å². The van der Waals surface area contributed by atoms with E-state index in [0.717, 1.165) is 22.3 Å². The minimum atomic E-state index is -0.977. The third-order valence-corrected chi connectivity index (χ3v) is 4.95. The summed E-state index contributed by atoms with van der Waals surface area (Å²) in [5.74, 6) is -0.659. The molecule has 0 bridgehead atoms. The Morgan fingerprint density at radius 1 is 1.03 bits per heavy atom. The van der Waals surface area contributed by atoms with Crippen molar-refractivity contribution in [2.75, 3.05) is 19.8 Å². The van der Waals surface area contributed by atoms with Crippen molar-refractivity contribution in [1.82, 2.24) is 5.32 Å². The Morgan fingerprint density at radius 2 is 1.61 bits per heavy atom. The van der Waals surface area contributed by atoms with Gasteiger partial charge >= 0.3 is 12.1 Å². The van der Waals surface area contributed by atoms with Crippen molar-refractivity contribution in [3.05, 3.63) is 72.3 Å². The van der Waals surface area contributed by atoms with E-state index in [4.69, 9.17) is 14.2 Å². The molecular formula is C25H29NO5. The van der Waals surface area contributed by atoms with Crippen LogP contribution in [0.2, 0.25) is 0 Å². The summed E-state index contributed by atoms with van der Waals surface area (Å²) in [5.41, 5.74) is 4.07. The van der Waals surface area contributed by atoms with Gasteiger partial charge in [-0.05, 0) is 43.0 Å². The number of amides is 1. The second-order valence-electron chi connectivity index (χ2n) is 8.36. The fourth-order valence-electron chi connectivity index (χ4n) is 3.53. The Balaban J connectivity index is 1.66. The normalized spacial score (nSPS) is 13.6. The van der Waals surface area contributed by atoms with E-state index < -0.39 is 23.7 Å². The SMILES string of the molecule is C=CCOC(=O)C(COC(C)(C)C)NC(=O)OCC1c2ccccc2-c2ccccc21. The summed E-state index contributed by atoms with van der Waals surface area (Å²) in [6.07, 6.45) is 0.771. The molecule has 31 heavy (non-hydrogen) atoms. The predicted octanol–water partition coefficient (Wildman–Crippen LogP) is 4.44. The number of fused-ring (bicyclic) bond motifs is 3. The van der Waals surface area contributed by atoms with Crippen molar-refractivity contribution in [1.29, 1.82) is 0 Å². The lowest BCUT2D eigenvalue weighted by Gasteiger charge is -2.24. The number of ether oxygens (including phenoxy) is 3. The summed E-state index contributed by atoms with van der Waals surface area (Å²) in [6, 6.07) is 15.2. The average Bonchev–Trinajstić information content (AvgIpc) is 3.06. The van der Waals surface area contributed by atoms with Gasteiger partial charge in [0.2, 0.25) is 0 Å². The van der Waals surface area contributed by atoms with Crippen molar-refractivity contribution < 1.29 is 23.8 Å². The Hall–Kier alpha value is -3.12. The molecule has 3 rings (SSSR count). The lowest BCUT2D eigenvalue weighted by atomic mass is 9.98. The highest BCUT2D eigenvalue weighted by molar-refractivity contribution is 5.82. The molecule has 6 heteroatoms. The lowest BCUT2D eigenvalue weighted by Crippen LogP contribution is -2.46. The van der Waals surface area contributed by atoms with Gasteiger partial charge in [-0.15, -0.1) is 0 Å². The van der Waals surface area contributed by atoms with E-state index in [9.17, 15) is 9.59 Å². The van der Waals surface area contributed by atoms with Crippen LogP contribution < -0.4 is 5.32 Å². The van der Waals surface area contributed by atoms with Crippen LogP contribution in [0.25, 0.3) is 11.1 Å². The van der Waals surface area contributed by atoms with Gasteiger partial charge in [0.25, 0.3) is 0 Å². The first-order chi connectivity index (χ1) is 14.8. The van der Waals surface area contributed by atoms with Crippen molar-refractivity contribution in [3.8, 4) is 11.1 Å². The van der Waals surface area contributed by atoms with Gasteiger partial charge in [0.15, 0.2) is 6.04 Å². The summed E-state index contributed by atoms with van der Waals surface area (Å²) in [5, 5.41) is 2.58. The third kappa shape index (κ3) is 5.73. The molecule has 0 saturated carbocycles. The maximum absolute atomic E-state index is 12.5. The molecule has 6 nitrogen and oxygen atoms in total. The van der Waals surface area contributed by atoms with Gasteiger partial charge in [-0.1, -0.05) is 61.2 Å². The van der Waals surface area contributed by atoms with Gasteiger partial charge in [-0.3, -0.25) is 0 Å². The van der Waals surface area contributed by atoms with Crippen LogP contribution >= 0.6 is 0 Å². The molecule has 0 fully saturated rings. The number of rotatable bonds is 8. The summed E-state index contributed by atoms with van der Waals surface area (Å²) in [4.78, 5) is 24.8. The molecule has 1 aliphatic carbocycles. The zero-order chi connectivity index (χ0) is 22.4. The molecule has 2 aromatic rings. The quantitative estimate of drug-likeness (QED) is 0.502. The molecule has 1 unspecified atom stereocenters. The summed E-state index contributed by atoms with van der Waals surface area (Å²) in [7, 11) is 0. The van der Waals surface area contributed by atoms with E-state index in [-0.39, 0.29) is 25.7 Å². The van der Waals surface area contributed by atoms with E-state index in [1.54, 1.807) is 0 Å². The zero-order valence-corrected chi connectivity index (χ0v) is 18.2. The van der Waals surface area contributed by atoms with Crippen molar-refractivity contribution in [2.24, 2.45) is 0 Å². The second kappa shape index (κ2) is 9.79. The number of alkyl carbamates (subject to hydrolysis) is 1. The number of carbonyl (C=O) groups excluding carboxylic acids is 2. The highest BCUT2D eigenvalue weighted by atomic mass is 16.6. The maximum Gasteiger partial charge on any atom is 0.407 e. The Kier molecular flexibility index (Phi) is 7.13. The topological polar surface area (TPSA) is 73.9 Å². The smallest absolute Gasteiger partial charge is 0.407 e. The van der Waals surface area contributed by atoms with Gasteiger partial charge in [-0.25, -0.2) is 9.59 Å². The standard InChI is InChI=1S/C25H29NO5/c1-5-14-29-23(27)22(16-31-25(2,3)4)26-24(28)30-15-21-19-12-8-6-10-17(19)18-11-7-9-13-20(18)21/h5-13,21-22H,1,14-16H2,2-4H3,(H,26,28). The van der Waals surface area contributed by atoms with Crippen LogP contribution in [0.1, 0.15) is 37.8 Å². The number of hydrogen-bond donors (Lipinski definition) is 1. The number of nitrogens with one attached hydrogen (secondary N) is 1. The molecule has 1 N–H and O–H groups in total. The highest BCUT2D eigenvalue weighted by Crippen LogP contribution is 2.44. The van der Waals surface area contributed by atoms with E-state index in [2.05, 4.69) is 24.0 Å². The molecule has 0 radical (unpaired) electrons. The van der Waals surface area contributed by atoms with Crippen LogP contribution in [0.5, 0.6) is 0 Å². The van der Waals surface area contributed by atoms with Gasteiger partial charge in [0.1, 0.15) is 13.2 Å². The van der Waals surface area contributed by atoms with Gasteiger partial charge < -0.3 is 19.5 Å². The van der Waals surface area contributed by atoms with Crippen LogP contribution in [0, 0.1) is 0 Å². The highest BCUT2D eigenvalue weighted by Gasteiger charge is 2.30. The maximum atomic E-state index is 12.5. The number of carbonyl (C=O) groups is 2. The first-order valence-corrected chi connectivity index (χ1v) is 10.3. The first kappa shape index (κ1) is 22.6. The molecule has 1 amide bonds. The molecule has 1 aliphatic rings. The molecular weight excluding hydrogens is 394 g/mol. The summed E-state index contributed by atoms with van der Waals surface area (Å²) in [6.45, 7) is 9.32. The largest absolute Gasteiger partial charge is 0.460 e. The van der Waals surface area contributed by atoms with Gasteiger partial charge in [-0.2, -0.15) is 0 Å². The predicted molar refractivity (Wildman–Crippen MR) is 119 cm³/mol. The molecule has 0 saturated heterocycles. The molecule has 1 atom stereocenters. The minimum absolute atomic E-state index is 0.0241. The Bertz CT molecular complexity index is 901. The second-order valence-corrected chi connectivity index (χ2v) is 8.36. The van der Waals surface area contributed by atoms with E-state index in [1.165, 1.54) is 6.08 Å². The van der Waals surface area contributed by atoms with Crippen LogP contribution in [0.4, 0.5) is 4.79 Å². The monoisotopic (exact) mass is 423 g/mol. The molecule has 0 aromatic heterocycles. The molecule has 0 aliphatic heterocycles. The van der Waals surface area contributed by atoms with Crippen LogP contribution in [-0.2, 0) is 19.0 Å². The van der Waals surface area contributed by atoms with Crippen LogP contribution in [-0.4, -0.2) is 43.5 Å². The first-order valence-electron chi connectivity index (χ1n) is 10.3. The minimum Gasteiger partial charge on any atom is -0.460 e. The average molecular weight is 424 g/mol. The van der Waals surface area contributed by atoms with E-state index in [1.807, 2.05) is 57.2 Å². The van der Waals surface area contributed by atoms with Gasteiger partial charge in [0, 0.05) is 5.92 Å². The van der Waals surface area contributed by atoms with Crippen LogP contribution in [0.15, 0.2) is 61.2 Å². The molecule has 2 aromatic carbocycles. The molecule has 0 spiro atoms. The molecule has 0 heterocycles. The number of esters is 1. The molecule has 164 valence electrons. The fourth-order valence-corrected chi connectivity index (χ4v) is 3.53. The van der Waals surface area contributed by atoms with Crippen molar-refractivity contribution in [2.45, 2.75) is 38.3 Å². The van der Waals surface area contributed by atoms with Crippen molar-refractivity contribution >= 4 is 12.1 Å². The fraction of sp³-hybridized carbons (Fsp3) is 0.360. The van der Waals surface area contributed by atoms with Gasteiger partial charge in [0.05, 0.1) is 12.2 Å². The number of benzene rings is 2. The van der Waals surface area contributed by atoms with Crippen molar-refractivity contribution in [3.63, 3.8) is 0 Å². The number of hydrogen-bond acceptors (Lipinski definition) is 5.